The van der Waals surface area contributed by atoms with Crippen LogP contribution in [0.25, 0.3) is 0 Å². The summed E-state index contributed by atoms with van der Waals surface area (Å²) in [7, 11) is -5.75. The molecule has 1 aromatic rings. The molecule has 1 aromatic carbocycles. The van der Waals surface area contributed by atoms with Crippen molar-refractivity contribution < 1.29 is 35.7 Å². The van der Waals surface area contributed by atoms with Gasteiger partial charge in [0.2, 0.25) is 0 Å². The number of nitrogens with zero attached hydrogens (tertiary/aromatic N) is 1. The minimum absolute atomic E-state index is 0.0688. The molecule has 0 saturated carbocycles. The SMILES string of the molecule is CCOC(=O)[C@H](Cc1ccccc1N)N(C(F)(F)F)S(=O)(=O)O. The molecule has 0 aliphatic carbocycles. The Morgan fingerprint density at radius 1 is 1.39 bits per heavy atom. The third-order valence-electron chi connectivity index (χ3n) is 2.81. The molecule has 1 rings (SSSR count). The van der Waals surface area contributed by atoms with E-state index < -0.39 is 39.3 Å². The summed E-state index contributed by atoms with van der Waals surface area (Å²) in [6, 6.07) is 3.35. The van der Waals surface area contributed by atoms with Gasteiger partial charge in [0.05, 0.1) is 6.61 Å². The van der Waals surface area contributed by atoms with Crippen molar-refractivity contribution in [3.8, 4) is 0 Å². The van der Waals surface area contributed by atoms with Crippen LogP contribution >= 0.6 is 0 Å². The van der Waals surface area contributed by atoms with Crippen LogP contribution in [0.15, 0.2) is 24.3 Å². The molecule has 0 aliphatic rings. The highest BCUT2D eigenvalue weighted by molar-refractivity contribution is 7.83. The second kappa shape index (κ2) is 7.15. The molecule has 11 heteroatoms. The number of anilines is 1. The number of nitrogen functional groups attached to an aromatic ring is 1. The van der Waals surface area contributed by atoms with Crippen LogP contribution in [0.1, 0.15) is 12.5 Å². The smallest absolute Gasteiger partial charge is 0.465 e. The van der Waals surface area contributed by atoms with Crippen molar-refractivity contribution >= 4 is 22.0 Å². The van der Waals surface area contributed by atoms with Crippen molar-refractivity contribution in [2.24, 2.45) is 0 Å². The van der Waals surface area contributed by atoms with Gasteiger partial charge in [0.25, 0.3) is 0 Å². The highest BCUT2D eigenvalue weighted by Crippen LogP contribution is 2.29. The van der Waals surface area contributed by atoms with E-state index in [4.69, 9.17) is 10.3 Å². The predicted octanol–water partition coefficient (Wildman–Crippen LogP) is 1.37. The van der Waals surface area contributed by atoms with Crippen molar-refractivity contribution in [2.75, 3.05) is 12.3 Å². The van der Waals surface area contributed by atoms with E-state index >= 15 is 0 Å². The lowest BCUT2D eigenvalue weighted by molar-refractivity contribution is -0.227. The molecule has 130 valence electrons. The van der Waals surface area contributed by atoms with E-state index in [9.17, 15) is 26.4 Å². The van der Waals surface area contributed by atoms with Gasteiger partial charge < -0.3 is 10.5 Å². The van der Waals surface area contributed by atoms with Gasteiger partial charge in [-0.1, -0.05) is 22.5 Å². The Labute approximate surface area is 130 Å². The number of hydrogen-bond donors (Lipinski definition) is 2. The third kappa shape index (κ3) is 5.08. The molecule has 0 aromatic heterocycles. The topological polar surface area (TPSA) is 110 Å². The first-order valence-electron chi connectivity index (χ1n) is 6.32. The van der Waals surface area contributed by atoms with Crippen LogP contribution in [0.2, 0.25) is 0 Å². The van der Waals surface area contributed by atoms with Gasteiger partial charge in [-0.25, -0.2) is 0 Å². The van der Waals surface area contributed by atoms with Crippen molar-refractivity contribution in [1.29, 1.82) is 0 Å². The number of carbonyl (C=O) groups excluding carboxylic acids is 1. The Bertz CT molecular complexity index is 663. The van der Waals surface area contributed by atoms with Gasteiger partial charge in [-0.2, -0.15) is 21.6 Å². The van der Waals surface area contributed by atoms with E-state index in [0.717, 1.165) is 0 Å². The fraction of sp³-hybridized carbons (Fsp3) is 0.417. The zero-order valence-corrected chi connectivity index (χ0v) is 12.8. The molecule has 3 N–H and O–H groups in total. The number of alkyl halides is 3. The molecular formula is C12H15F3N2O5S. The van der Waals surface area contributed by atoms with E-state index in [1.54, 1.807) is 0 Å². The van der Waals surface area contributed by atoms with Crippen molar-refractivity contribution in [1.82, 2.24) is 4.31 Å². The van der Waals surface area contributed by atoms with Gasteiger partial charge in [0.15, 0.2) is 0 Å². The zero-order valence-electron chi connectivity index (χ0n) is 11.9. The second-order valence-electron chi connectivity index (χ2n) is 4.41. The summed E-state index contributed by atoms with van der Waals surface area (Å²) < 4.78 is 73.4. The maximum atomic E-state index is 13.0. The third-order valence-corrected chi connectivity index (χ3v) is 3.77. The number of nitrogens with two attached hydrogens (primary N) is 1. The molecular weight excluding hydrogens is 341 g/mol. The summed E-state index contributed by atoms with van der Waals surface area (Å²) in [5.74, 6) is -1.45. The number of benzene rings is 1. The quantitative estimate of drug-likeness (QED) is 0.345. The monoisotopic (exact) mass is 356 g/mol. The van der Waals surface area contributed by atoms with Gasteiger partial charge in [-0.15, -0.1) is 0 Å². The van der Waals surface area contributed by atoms with E-state index in [0.29, 0.717) is 0 Å². The van der Waals surface area contributed by atoms with E-state index in [2.05, 4.69) is 4.74 Å². The summed E-state index contributed by atoms with van der Waals surface area (Å²) in [4.78, 5) is 11.8. The normalized spacial score (nSPS) is 13.8. The highest BCUT2D eigenvalue weighted by Gasteiger charge is 2.52. The van der Waals surface area contributed by atoms with Crippen molar-refractivity contribution in [2.45, 2.75) is 25.7 Å². The molecule has 0 aliphatic heterocycles. The highest BCUT2D eigenvalue weighted by atomic mass is 32.2. The molecule has 0 bridgehead atoms. The predicted molar refractivity (Wildman–Crippen MR) is 74.4 cm³/mol. The summed E-state index contributed by atoms with van der Waals surface area (Å²) in [6.07, 6.45) is -6.24. The van der Waals surface area contributed by atoms with Gasteiger partial charge >= 0.3 is 22.6 Å². The van der Waals surface area contributed by atoms with Crippen LogP contribution < -0.4 is 5.73 Å². The standard InChI is InChI=1S/C12H15F3N2O5S/c1-2-22-11(18)10(7-8-5-3-4-6-9(8)16)17(12(13,14)15)23(19,20)21/h3-6,10H,2,7,16H2,1H3,(H,19,20,21)/t10-/m0/s1. The Morgan fingerprint density at radius 2 is 1.96 bits per heavy atom. The minimum Gasteiger partial charge on any atom is -0.465 e. The van der Waals surface area contributed by atoms with Crippen LogP contribution in [-0.2, 0) is 26.3 Å². The lowest BCUT2D eigenvalue weighted by atomic mass is 10.0. The maximum absolute atomic E-state index is 13.0. The van der Waals surface area contributed by atoms with Crippen LogP contribution in [0.3, 0.4) is 0 Å². The Kier molecular flexibility index (Phi) is 5.97. The molecule has 0 heterocycles. The average molecular weight is 356 g/mol. The number of halogens is 3. The molecule has 0 saturated heterocycles. The van der Waals surface area contributed by atoms with Crippen molar-refractivity contribution in [3.05, 3.63) is 29.8 Å². The minimum atomic E-state index is -5.75. The first kappa shape index (κ1) is 19.2. The van der Waals surface area contributed by atoms with Crippen molar-refractivity contribution in [3.63, 3.8) is 0 Å². The summed E-state index contributed by atoms with van der Waals surface area (Å²) in [5, 5.41) is 0. The molecule has 7 nitrogen and oxygen atoms in total. The zero-order chi connectivity index (χ0) is 17.8. The first-order chi connectivity index (χ1) is 10.5. The first-order valence-corrected chi connectivity index (χ1v) is 7.71. The number of carbonyl (C=O) groups is 1. The van der Waals surface area contributed by atoms with Crippen LogP contribution in [0.4, 0.5) is 18.9 Å². The summed E-state index contributed by atoms with van der Waals surface area (Å²) >= 11 is 0. The van der Waals surface area contributed by atoms with E-state index in [1.165, 1.54) is 31.2 Å². The number of hydrogen-bond acceptors (Lipinski definition) is 5. The molecule has 23 heavy (non-hydrogen) atoms. The van der Waals surface area contributed by atoms with Crippen LogP contribution in [0, 0.1) is 0 Å². The lowest BCUT2D eigenvalue weighted by Gasteiger charge is -2.28. The maximum Gasteiger partial charge on any atom is 0.476 e. The largest absolute Gasteiger partial charge is 0.476 e. The number of ether oxygens (including phenoxy) is 1. The molecule has 0 fully saturated rings. The van der Waals surface area contributed by atoms with E-state index in [1.807, 2.05) is 0 Å². The van der Waals surface area contributed by atoms with Gasteiger partial charge in [-0.3, -0.25) is 9.35 Å². The lowest BCUT2D eigenvalue weighted by Crippen LogP contribution is -2.53. The van der Waals surface area contributed by atoms with Gasteiger partial charge in [0, 0.05) is 12.1 Å². The fourth-order valence-corrected chi connectivity index (χ4v) is 2.64. The number of rotatable bonds is 6. The molecule has 1 atom stereocenters. The van der Waals surface area contributed by atoms with Crippen LogP contribution in [-0.4, -0.2) is 42.2 Å². The molecule has 0 unspecified atom stereocenters. The van der Waals surface area contributed by atoms with E-state index in [-0.39, 0.29) is 17.9 Å². The number of esters is 1. The molecule has 0 amide bonds. The molecule has 0 spiro atoms. The Balaban J connectivity index is 3.34. The Morgan fingerprint density at radius 3 is 2.39 bits per heavy atom. The summed E-state index contributed by atoms with van der Waals surface area (Å²) in [6.45, 7) is 1.08. The average Bonchev–Trinajstić information content (AvgIpc) is 2.37. The second-order valence-corrected chi connectivity index (χ2v) is 5.70. The van der Waals surface area contributed by atoms with Gasteiger partial charge in [-0.05, 0) is 18.6 Å². The number of para-hydroxylation sites is 1. The fourth-order valence-electron chi connectivity index (χ4n) is 1.90. The Hall–Kier alpha value is -1.85. The van der Waals surface area contributed by atoms with Crippen LogP contribution in [0.5, 0.6) is 0 Å². The summed E-state index contributed by atoms with van der Waals surface area (Å²) in [5.41, 5.74) is 5.77. The van der Waals surface area contributed by atoms with Gasteiger partial charge in [0.1, 0.15) is 6.04 Å². The molecule has 0 radical (unpaired) electrons.